The van der Waals surface area contributed by atoms with Crippen LogP contribution in [0.5, 0.6) is 0 Å². The van der Waals surface area contributed by atoms with Crippen molar-refractivity contribution in [3.8, 4) is 0 Å². The third kappa shape index (κ3) is 15.4. The molecular formula is C39H68FN5O8. The van der Waals surface area contributed by atoms with E-state index in [-0.39, 0.29) is 54.0 Å². The summed E-state index contributed by atoms with van der Waals surface area (Å²) in [5, 5.41) is 15.4. The molecule has 7 atom stereocenters. The van der Waals surface area contributed by atoms with Crippen molar-refractivity contribution in [1.29, 1.82) is 0 Å². The van der Waals surface area contributed by atoms with Gasteiger partial charge in [-0.15, -0.1) is 0 Å². The molecule has 0 bridgehead atoms. The minimum absolute atomic E-state index is 0.0110. The average Bonchev–Trinajstić information content (AvgIpc) is 3.63. The molecule has 1 fully saturated rings. The largest absolute Gasteiger partial charge is 0.400 e. The van der Waals surface area contributed by atoms with Crippen LogP contribution >= 0.6 is 0 Å². The van der Waals surface area contributed by atoms with Gasteiger partial charge < -0.3 is 40.3 Å². The highest BCUT2D eigenvalue weighted by Crippen LogP contribution is 2.28. The molecule has 0 spiro atoms. The topological polar surface area (TPSA) is 167 Å². The zero-order valence-electron chi connectivity index (χ0n) is 34.2. The third-order valence-corrected chi connectivity index (χ3v) is 9.32. The van der Waals surface area contributed by atoms with Gasteiger partial charge in [-0.1, -0.05) is 54.4 Å². The molecular weight excluding hydrogens is 685 g/mol. The summed E-state index contributed by atoms with van der Waals surface area (Å²) in [5.41, 5.74) is 0.285. The molecule has 0 saturated carbocycles. The molecule has 0 aliphatic carbocycles. The van der Waals surface area contributed by atoms with Crippen LogP contribution in [-0.2, 0) is 28.7 Å². The van der Waals surface area contributed by atoms with Crippen LogP contribution in [-0.4, -0.2) is 129 Å². The Morgan fingerprint density at radius 1 is 0.981 bits per heavy atom. The van der Waals surface area contributed by atoms with Crippen LogP contribution in [0.2, 0.25) is 0 Å². The number of halogens is 1. The van der Waals surface area contributed by atoms with E-state index >= 15 is 0 Å². The second-order valence-electron chi connectivity index (χ2n) is 13.7. The number of ether oxygens (including phenoxy) is 2. The molecule has 1 aliphatic heterocycles. The number of likely N-dealkylation sites (N-methyl/N-ethyl adjacent to an activating group) is 2. The van der Waals surface area contributed by atoms with Crippen molar-refractivity contribution in [1.82, 2.24) is 25.8 Å². The number of hydrogen-bond donors (Lipinski definition) is 4. The number of carbonyl (C=O) groups excluding carboxylic acids is 5. The molecule has 13 nitrogen and oxygen atoms in total. The molecule has 14 heteroatoms. The number of methoxy groups -OCH3 is 2. The molecule has 1 saturated heterocycles. The Morgan fingerprint density at radius 2 is 1.57 bits per heavy atom. The Labute approximate surface area is 317 Å². The van der Waals surface area contributed by atoms with E-state index in [1.807, 2.05) is 20.8 Å². The van der Waals surface area contributed by atoms with Gasteiger partial charge in [-0.3, -0.25) is 24.0 Å². The van der Waals surface area contributed by atoms with Gasteiger partial charge in [0.25, 0.3) is 0 Å². The van der Waals surface area contributed by atoms with Gasteiger partial charge in [0.15, 0.2) is 5.78 Å². The van der Waals surface area contributed by atoms with Crippen molar-refractivity contribution in [2.45, 2.75) is 123 Å². The van der Waals surface area contributed by atoms with E-state index in [1.54, 1.807) is 37.7 Å². The highest BCUT2D eigenvalue weighted by molar-refractivity contribution is 6.01. The van der Waals surface area contributed by atoms with Crippen molar-refractivity contribution in [2.75, 3.05) is 48.5 Å². The molecule has 1 aromatic rings. The molecule has 1 aromatic carbocycles. The first-order chi connectivity index (χ1) is 25.1. The number of aliphatic hydroxyl groups is 1. The van der Waals surface area contributed by atoms with E-state index < -0.39 is 48.0 Å². The highest BCUT2D eigenvalue weighted by atomic mass is 19.1. The van der Waals surface area contributed by atoms with Crippen molar-refractivity contribution in [3.05, 3.63) is 35.6 Å². The van der Waals surface area contributed by atoms with Gasteiger partial charge in [-0.25, -0.2) is 4.39 Å². The van der Waals surface area contributed by atoms with Crippen LogP contribution in [0, 0.1) is 17.7 Å². The number of likely N-dealkylation sites (tertiary alicyclic amines) is 1. The molecule has 6 unspecified atom stereocenters. The number of nitrogens with one attached hydrogen (secondary N) is 3. The summed E-state index contributed by atoms with van der Waals surface area (Å²) in [6, 6.07) is 3.06. The van der Waals surface area contributed by atoms with Crippen molar-refractivity contribution >= 4 is 29.4 Å². The molecule has 4 amide bonds. The number of nitrogens with zero attached hydrogens (tertiary/aromatic N) is 2. The number of ketones is 1. The molecule has 1 aliphatic rings. The Kier molecular flexibility index (Phi) is 24.6. The number of carbonyl (C=O) groups is 5. The van der Waals surface area contributed by atoms with Crippen molar-refractivity contribution < 1.29 is 42.9 Å². The Morgan fingerprint density at radius 3 is 2.06 bits per heavy atom. The van der Waals surface area contributed by atoms with Gasteiger partial charge in [0.05, 0.1) is 55.3 Å². The van der Waals surface area contributed by atoms with E-state index in [1.165, 1.54) is 44.9 Å². The second-order valence-corrected chi connectivity index (χ2v) is 13.7. The van der Waals surface area contributed by atoms with Crippen LogP contribution in [0.1, 0.15) is 97.3 Å². The number of aliphatic hydroxyl groups excluding tert-OH is 1. The molecule has 1 heterocycles. The van der Waals surface area contributed by atoms with Gasteiger partial charge >= 0.3 is 0 Å². The van der Waals surface area contributed by atoms with Gasteiger partial charge in [0.1, 0.15) is 5.82 Å². The summed E-state index contributed by atoms with van der Waals surface area (Å²) < 4.78 is 24.9. The van der Waals surface area contributed by atoms with Crippen LogP contribution < -0.4 is 16.0 Å². The minimum Gasteiger partial charge on any atom is -0.400 e. The normalized spacial score (nSPS) is 17.1. The fourth-order valence-corrected chi connectivity index (χ4v) is 6.50. The lowest BCUT2D eigenvalue weighted by atomic mass is 9.93. The summed E-state index contributed by atoms with van der Waals surface area (Å²) in [6.07, 6.45) is 2.69. The fourth-order valence-electron chi connectivity index (χ4n) is 6.50. The number of hydrogen-bond acceptors (Lipinski definition) is 9. The Bertz CT molecular complexity index is 1250. The number of rotatable bonds is 19. The predicted octanol–water partition coefficient (Wildman–Crippen LogP) is 3.57. The lowest BCUT2D eigenvalue weighted by Gasteiger charge is -2.37. The maximum Gasteiger partial charge on any atom is 0.242 e. The first-order valence-corrected chi connectivity index (χ1v) is 18.7. The molecule has 2 rings (SSSR count). The minimum atomic E-state index is -0.852. The number of benzene rings is 1. The summed E-state index contributed by atoms with van der Waals surface area (Å²) >= 11 is 0. The number of Topliss-reactive ketones (excluding diaryl/α,β-unsaturated/α-hetero) is 1. The number of amides is 4. The first kappa shape index (κ1) is 49.5. The standard InChI is InChI=1S/C35H56FN5O7.C3H8.CH4O/c1-10-12-26(40(7)30(43)20-38-35(46)31(37-6)21(2)3)28(47-8)19-29(42)41-18-11-13-27(41)33(48-9)22(4)34(45)39-23(5)32(44)24-14-16-25(36)17-15-24;1-3-2;1-2/h14-17,21-23,26-28,31,33,37H,10-13,18-20H2,1-9H3,(H,38,46)(H,39,45);3H2,1-2H3;2H,1H3/t22?,23?,26-,27?,28?,31?,33?;;/m0../s1. The van der Waals surface area contributed by atoms with E-state index in [0.29, 0.717) is 19.4 Å². The van der Waals surface area contributed by atoms with Gasteiger partial charge in [-0.05, 0) is 63.4 Å². The summed E-state index contributed by atoms with van der Waals surface area (Å²) in [7, 11) is 7.37. The van der Waals surface area contributed by atoms with Crippen molar-refractivity contribution in [3.63, 3.8) is 0 Å². The maximum absolute atomic E-state index is 13.8. The first-order valence-electron chi connectivity index (χ1n) is 18.7. The van der Waals surface area contributed by atoms with Crippen LogP contribution in [0.4, 0.5) is 4.39 Å². The second kappa shape index (κ2) is 26.3. The third-order valence-electron chi connectivity index (χ3n) is 9.32. The molecule has 4 N–H and O–H groups in total. The fraction of sp³-hybridized carbons (Fsp3) is 0.718. The molecule has 53 heavy (non-hydrogen) atoms. The van der Waals surface area contributed by atoms with E-state index in [2.05, 4.69) is 29.8 Å². The van der Waals surface area contributed by atoms with Crippen LogP contribution in [0.15, 0.2) is 24.3 Å². The van der Waals surface area contributed by atoms with Gasteiger partial charge in [0, 0.05) is 40.5 Å². The van der Waals surface area contributed by atoms with Crippen molar-refractivity contribution in [2.24, 2.45) is 11.8 Å². The summed E-state index contributed by atoms with van der Waals surface area (Å²) in [5.74, 6) is -2.59. The maximum atomic E-state index is 13.8. The quantitative estimate of drug-likeness (QED) is 0.155. The van der Waals surface area contributed by atoms with E-state index in [0.717, 1.165) is 20.0 Å². The predicted molar refractivity (Wildman–Crippen MR) is 205 cm³/mol. The molecule has 0 aromatic heterocycles. The van der Waals surface area contributed by atoms with Crippen LogP contribution in [0.3, 0.4) is 0 Å². The van der Waals surface area contributed by atoms with E-state index in [4.69, 9.17) is 14.6 Å². The Balaban J connectivity index is 0.00000513. The zero-order chi connectivity index (χ0) is 40.8. The average molecular weight is 754 g/mol. The van der Waals surface area contributed by atoms with Crippen LogP contribution in [0.25, 0.3) is 0 Å². The lowest BCUT2D eigenvalue weighted by Crippen LogP contribution is -2.54. The summed E-state index contributed by atoms with van der Waals surface area (Å²) in [6.45, 7) is 13.7. The monoisotopic (exact) mass is 754 g/mol. The van der Waals surface area contributed by atoms with Gasteiger partial charge in [-0.2, -0.15) is 0 Å². The zero-order valence-corrected chi connectivity index (χ0v) is 34.2. The highest BCUT2D eigenvalue weighted by Gasteiger charge is 2.41. The van der Waals surface area contributed by atoms with Gasteiger partial charge in [0.2, 0.25) is 23.6 Å². The SMILES string of the molecule is CCC.CCC[C@@H](C(CC(=O)N1CCCC1C(OC)C(C)C(=O)NC(C)C(=O)c1ccc(F)cc1)OC)N(C)C(=O)CNC(=O)C(NC)C(C)C.CO. The van der Waals surface area contributed by atoms with E-state index in [9.17, 15) is 28.4 Å². The Hall–Kier alpha value is -3.46. The summed E-state index contributed by atoms with van der Waals surface area (Å²) in [4.78, 5) is 69.0. The lowest BCUT2D eigenvalue weighted by molar-refractivity contribution is -0.144. The smallest absolute Gasteiger partial charge is 0.242 e. The molecule has 304 valence electrons. The molecule has 0 radical (unpaired) electrons.